The van der Waals surface area contributed by atoms with Gasteiger partial charge in [-0.15, -0.1) is 0 Å². The van der Waals surface area contributed by atoms with Crippen LogP contribution in [0.2, 0.25) is 0 Å². The number of rotatable bonds is 10. The first kappa shape index (κ1) is 69.3. The van der Waals surface area contributed by atoms with Gasteiger partial charge in [-0.2, -0.15) is 0 Å². The summed E-state index contributed by atoms with van der Waals surface area (Å²) in [5.41, 5.74) is 37.5. The van der Waals surface area contributed by atoms with Crippen molar-refractivity contribution in [1.82, 2.24) is 18.3 Å². The Kier molecular flexibility index (Phi) is 15.8. The minimum atomic E-state index is 0.175. The molecule has 4 aromatic heterocycles. The zero-order valence-corrected chi connectivity index (χ0v) is 66.7. The molecular weight excluding hydrogens is 1470 g/mol. The lowest BCUT2D eigenvalue weighted by Gasteiger charge is -2.16. The van der Waals surface area contributed by atoms with E-state index in [1.54, 1.807) is 0 Å². The number of benzene rings is 20. The van der Waals surface area contributed by atoms with Crippen LogP contribution in [0.1, 0.15) is 45.2 Å². The average molecular weight is 1550 g/mol. The van der Waals surface area contributed by atoms with Crippen molar-refractivity contribution < 1.29 is 0 Å². The van der Waals surface area contributed by atoms with Gasteiger partial charge >= 0.3 is 0 Å². The first-order chi connectivity index (χ1) is 60.5. The molecule has 4 heteroatoms. The Morgan fingerprint density at radius 1 is 0.139 bits per heavy atom. The molecular formula is C118H76N4. The summed E-state index contributed by atoms with van der Waals surface area (Å²) in [6.07, 6.45) is 0. The summed E-state index contributed by atoms with van der Waals surface area (Å²) in [5.74, 6) is 0.352. The van der Waals surface area contributed by atoms with Crippen molar-refractivity contribution >= 4 is 109 Å². The molecule has 4 heterocycles. The smallest absolute Gasteiger partial charge is 0.0548 e. The van der Waals surface area contributed by atoms with Gasteiger partial charge in [-0.25, -0.2) is 0 Å². The van der Waals surface area contributed by atoms with E-state index in [1.807, 2.05) is 0 Å². The molecule has 20 aromatic carbocycles. The Bertz CT molecular complexity index is 8390. The molecule has 0 saturated heterocycles. The van der Waals surface area contributed by atoms with Crippen molar-refractivity contribution in [2.24, 2.45) is 0 Å². The number of hydrogen-bond acceptors (Lipinski definition) is 0. The van der Waals surface area contributed by atoms with E-state index in [9.17, 15) is 0 Å². The van der Waals surface area contributed by atoms with Crippen LogP contribution >= 0.6 is 0 Å². The molecule has 0 N–H and O–H groups in total. The summed E-state index contributed by atoms with van der Waals surface area (Å²) in [5, 5.41) is 14.9. The van der Waals surface area contributed by atoms with Crippen LogP contribution in [0.25, 0.3) is 198 Å². The first-order valence-corrected chi connectivity index (χ1v) is 42.4. The Morgan fingerprint density at radius 2 is 0.484 bits per heavy atom. The molecule has 0 amide bonds. The molecule has 0 fully saturated rings. The average Bonchev–Trinajstić information content (AvgIpc) is 1.56. The van der Waals surface area contributed by atoms with E-state index in [0.29, 0.717) is 0 Å². The molecule has 0 aliphatic heterocycles. The van der Waals surface area contributed by atoms with Crippen LogP contribution in [0.3, 0.4) is 0 Å². The van der Waals surface area contributed by atoms with E-state index < -0.39 is 0 Å². The summed E-state index contributed by atoms with van der Waals surface area (Å²) in [7, 11) is 0. The molecule has 26 rings (SSSR count). The molecule has 122 heavy (non-hydrogen) atoms. The lowest BCUT2D eigenvalue weighted by molar-refractivity contribution is 1.01. The maximum atomic E-state index is 2.50. The van der Waals surface area contributed by atoms with Gasteiger partial charge in [0.05, 0.1) is 44.1 Å². The minimum absolute atomic E-state index is 0.175. The van der Waals surface area contributed by atoms with Gasteiger partial charge in [-0.3, -0.25) is 0 Å². The zero-order valence-electron chi connectivity index (χ0n) is 66.7. The highest BCUT2D eigenvalue weighted by Crippen LogP contribution is 2.54. The fourth-order valence-corrected chi connectivity index (χ4v) is 20.8. The molecule has 0 spiro atoms. The molecule has 0 radical (unpaired) electrons. The highest BCUT2D eigenvalue weighted by molar-refractivity contribution is 6.20. The van der Waals surface area contributed by atoms with Crippen LogP contribution in [-0.2, 0) is 0 Å². The second-order valence-corrected chi connectivity index (χ2v) is 33.0. The molecule has 2 aliphatic carbocycles. The van der Waals surface area contributed by atoms with E-state index >= 15 is 0 Å². The Morgan fingerprint density at radius 3 is 1.06 bits per heavy atom. The molecule has 2 aliphatic rings. The highest BCUT2D eigenvalue weighted by atomic mass is 15.0. The molecule has 568 valence electrons. The van der Waals surface area contributed by atoms with Crippen molar-refractivity contribution in [3.8, 4) is 89.5 Å². The summed E-state index contributed by atoms with van der Waals surface area (Å²) in [4.78, 5) is 0. The summed E-state index contributed by atoms with van der Waals surface area (Å²) < 4.78 is 9.80. The van der Waals surface area contributed by atoms with Gasteiger partial charge in [0.25, 0.3) is 0 Å². The van der Waals surface area contributed by atoms with Gasteiger partial charge in [0.2, 0.25) is 0 Å². The predicted molar refractivity (Wildman–Crippen MR) is 513 cm³/mol. The van der Waals surface area contributed by atoms with E-state index in [2.05, 4.69) is 467 Å². The van der Waals surface area contributed by atoms with Crippen molar-refractivity contribution in [1.29, 1.82) is 0 Å². The fraction of sp³-hybridized carbons (Fsp3) is 0.0169. The van der Waals surface area contributed by atoms with E-state index in [0.717, 1.165) is 17.1 Å². The quantitative estimate of drug-likeness (QED) is 0.130. The van der Waals surface area contributed by atoms with Gasteiger partial charge in [0.1, 0.15) is 0 Å². The van der Waals surface area contributed by atoms with Crippen molar-refractivity contribution in [3.05, 3.63) is 482 Å². The predicted octanol–water partition coefficient (Wildman–Crippen LogP) is 31.1. The SMILES string of the molecule is c1ccc(-c2cccc(-n3c4ccccc4c4cc(-c5ccc6c(c5)c5cc7c(cc5n6-c5ccc6ccccc6c5)c5ccccc5n7-c5ccccc5)ccc43)c2)cc1.c1ccc(-c2cccc(C3c4ccccc4-c4cc(-c5ccc6c(c5)c5cc7c(cc5n6-c5ccc6ccccc6c5)C(c5ccccc5)c5ccccc5-7)ccc43)c2)cc1. The lowest BCUT2D eigenvalue weighted by atomic mass is 9.87. The number of nitrogens with zero attached hydrogens (tertiary/aromatic N) is 4. The molecule has 2 atom stereocenters. The molecule has 0 bridgehead atoms. The van der Waals surface area contributed by atoms with Crippen LogP contribution < -0.4 is 0 Å². The molecule has 4 nitrogen and oxygen atoms in total. The lowest BCUT2D eigenvalue weighted by Crippen LogP contribution is -2.00. The Balaban J connectivity index is 0.000000134. The van der Waals surface area contributed by atoms with Crippen LogP contribution in [0, 0.1) is 0 Å². The number of aromatic nitrogens is 4. The number of fused-ring (bicyclic) bond motifs is 20. The topological polar surface area (TPSA) is 19.7 Å². The maximum Gasteiger partial charge on any atom is 0.0548 e. The largest absolute Gasteiger partial charge is 0.309 e. The van der Waals surface area contributed by atoms with Crippen molar-refractivity contribution in [2.75, 3.05) is 0 Å². The van der Waals surface area contributed by atoms with E-state index in [-0.39, 0.29) is 11.8 Å². The van der Waals surface area contributed by atoms with Gasteiger partial charge in [-0.05, 0) is 249 Å². The van der Waals surface area contributed by atoms with E-state index in [4.69, 9.17) is 0 Å². The second-order valence-electron chi connectivity index (χ2n) is 33.0. The van der Waals surface area contributed by atoms with Gasteiger partial charge in [-0.1, -0.05) is 322 Å². The van der Waals surface area contributed by atoms with Crippen LogP contribution in [0.5, 0.6) is 0 Å². The number of hydrogen-bond donors (Lipinski definition) is 0. The standard InChI is InChI=1S/C60H39N.C58H37N3/c1-3-14-38(15-4-1)41-20-13-21-45(32-41)60-50-25-12-9-22-47(50)52-34-43(27-30-51(52)60)44-28-31-57-54(35-44)55-36-53-48-23-10-11-24-49(48)59(40-17-5-2-6-18-40)56(53)37-58(55)61(57)46-29-26-39-16-7-8-19-42(39)33-46;1-3-14-38(15-4-1)41-18-13-21-45(32-41)60-54-25-12-9-22-47(54)49-34-42(27-30-55(49)60)43-28-31-56-50(35-43)52-37-57-51(48-23-10-11-24-53(48)59(57)44-19-5-2-6-20-44)36-58(52)61(56)46-29-26-39-16-7-8-17-40(39)33-46/h1-37,59-60H;1-37H. The first-order valence-electron chi connectivity index (χ1n) is 42.4. The van der Waals surface area contributed by atoms with Crippen LogP contribution in [0.4, 0.5) is 0 Å². The molecule has 2 unspecified atom stereocenters. The van der Waals surface area contributed by atoms with Crippen LogP contribution in [0.15, 0.2) is 449 Å². The summed E-state index contributed by atoms with van der Waals surface area (Å²) in [6, 6.07) is 166. The molecule has 24 aromatic rings. The van der Waals surface area contributed by atoms with Gasteiger partial charge < -0.3 is 18.3 Å². The summed E-state index contributed by atoms with van der Waals surface area (Å²) in [6.45, 7) is 0. The third-order valence-corrected chi connectivity index (χ3v) is 26.3. The second kappa shape index (κ2) is 27.9. The minimum Gasteiger partial charge on any atom is -0.309 e. The molecule has 0 saturated carbocycles. The highest BCUT2D eigenvalue weighted by Gasteiger charge is 2.34. The fourth-order valence-electron chi connectivity index (χ4n) is 20.8. The summed E-state index contributed by atoms with van der Waals surface area (Å²) >= 11 is 0. The normalized spacial score (nSPS) is 13.4. The van der Waals surface area contributed by atoms with E-state index in [1.165, 1.54) is 215 Å². The van der Waals surface area contributed by atoms with Gasteiger partial charge in [0.15, 0.2) is 0 Å². The maximum absolute atomic E-state index is 2.50. The third kappa shape index (κ3) is 11.1. The Hall–Kier alpha value is -15.9. The monoisotopic (exact) mass is 1550 g/mol. The van der Waals surface area contributed by atoms with Crippen LogP contribution in [-0.4, -0.2) is 18.3 Å². The zero-order chi connectivity index (χ0) is 80.0. The Labute approximate surface area is 705 Å². The number of para-hydroxylation sites is 3. The van der Waals surface area contributed by atoms with Crippen molar-refractivity contribution in [3.63, 3.8) is 0 Å². The van der Waals surface area contributed by atoms with Crippen molar-refractivity contribution in [2.45, 2.75) is 11.8 Å². The van der Waals surface area contributed by atoms with Gasteiger partial charge in [0, 0.05) is 77.7 Å². The third-order valence-electron chi connectivity index (χ3n) is 26.3.